The number of carboxylic acids is 1. The van der Waals surface area contributed by atoms with Crippen molar-refractivity contribution in [2.24, 2.45) is 0 Å². The maximum absolute atomic E-state index is 13.0. The van der Waals surface area contributed by atoms with Gasteiger partial charge in [0.25, 0.3) is 0 Å². The molecule has 0 fully saturated rings. The van der Waals surface area contributed by atoms with Crippen molar-refractivity contribution in [3.8, 4) is 5.75 Å². The summed E-state index contributed by atoms with van der Waals surface area (Å²) >= 11 is 6.17. The minimum Gasteiger partial charge on any atom is -0.494 e. The van der Waals surface area contributed by atoms with Crippen LogP contribution in [0.1, 0.15) is 33.6 Å². The molecule has 3 rings (SSSR count). The van der Waals surface area contributed by atoms with E-state index in [4.69, 9.17) is 16.3 Å². The number of hydrogen-bond donors (Lipinski definition) is 1. The van der Waals surface area contributed by atoms with Crippen LogP contribution in [0.5, 0.6) is 5.75 Å². The number of aromatic carboxylic acids is 1. The molecule has 6 nitrogen and oxygen atoms in total. The highest BCUT2D eigenvalue weighted by molar-refractivity contribution is 7.91. The lowest BCUT2D eigenvalue weighted by Crippen LogP contribution is -2.10. The van der Waals surface area contributed by atoms with Crippen molar-refractivity contribution < 1.29 is 23.1 Å². The topological polar surface area (TPSA) is 85.6 Å². The minimum absolute atomic E-state index is 0.0379. The molecule has 8 heteroatoms. The van der Waals surface area contributed by atoms with E-state index < -0.39 is 15.8 Å². The molecule has 3 aromatic rings. The average Bonchev–Trinajstić information content (AvgIpc) is 3.15. The molecule has 1 heterocycles. The van der Waals surface area contributed by atoms with Crippen LogP contribution in [-0.4, -0.2) is 30.7 Å². The zero-order chi connectivity index (χ0) is 22.8. The largest absolute Gasteiger partial charge is 0.494 e. The Bertz CT molecular complexity index is 1210. The van der Waals surface area contributed by atoms with E-state index in [0.29, 0.717) is 35.9 Å². The zero-order valence-corrected chi connectivity index (χ0v) is 19.1. The molecule has 1 N–H and O–H groups in total. The molecule has 0 radical (unpaired) electrons. The summed E-state index contributed by atoms with van der Waals surface area (Å²) in [5.74, 6) is -0.496. The van der Waals surface area contributed by atoms with Crippen LogP contribution in [0.4, 0.5) is 0 Å². The van der Waals surface area contributed by atoms with Gasteiger partial charge in [-0.15, -0.1) is 0 Å². The molecule has 1 aromatic heterocycles. The number of aromatic nitrogens is 1. The van der Waals surface area contributed by atoms with E-state index in [2.05, 4.69) is 0 Å². The SMILES string of the molecule is Cc1ccccc1S(=O)(=O)c1cc(C(=O)O)n(CCCOc2cc(C)c(Cl)c(C)c2)c1. The summed E-state index contributed by atoms with van der Waals surface area (Å²) in [5, 5.41) is 10.2. The number of carboxylic acid groups (broad SMARTS) is 1. The molecule has 0 bridgehead atoms. The Morgan fingerprint density at radius 3 is 2.32 bits per heavy atom. The van der Waals surface area contributed by atoms with Crippen LogP contribution < -0.4 is 4.74 Å². The number of halogens is 1. The van der Waals surface area contributed by atoms with E-state index >= 15 is 0 Å². The molecule has 0 atom stereocenters. The van der Waals surface area contributed by atoms with Crippen molar-refractivity contribution in [2.45, 2.75) is 43.5 Å². The smallest absolute Gasteiger partial charge is 0.352 e. The Morgan fingerprint density at radius 2 is 1.71 bits per heavy atom. The molecule has 0 spiro atoms. The van der Waals surface area contributed by atoms with Crippen molar-refractivity contribution >= 4 is 27.4 Å². The number of nitrogens with zero attached hydrogens (tertiary/aromatic N) is 1. The highest BCUT2D eigenvalue weighted by atomic mass is 35.5. The predicted molar refractivity (Wildman–Crippen MR) is 119 cm³/mol. The first-order valence-corrected chi connectivity index (χ1v) is 11.6. The highest BCUT2D eigenvalue weighted by Crippen LogP contribution is 2.27. The zero-order valence-electron chi connectivity index (χ0n) is 17.6. The molecule has 31 heavy (non-hydrogen) atoms. The van der Waals surface area contributed by atoms with Gasteiger partial charge in [-0.05, 0) is 68.1 Å². The van der Waals surface area contributed by atoms with Gasteiger partial charge < -0.3 is 14.4 Å². The lowest BCUT2D eigenvalue weighted by molar-refractivity contribution is 0.0684. The summed E-state index contributed by atoms with van der Waals surface area (Å²) in [6, 6.07) is 11.5. The summed E-state index contributed by atoms with van der Waals surface area (Å²) in [6.07, 6.45) is 1.88. The van der Waals surface area contributed by atoms with Crippen LogP contribution in [0.25, 0.3) is 0 Å². The molecule has 164 valence electrons. The Balaban J connectivity index is 1.76. The molecule has 0 amide bonds. The van der Waals surface area contributed by atoms with Crippen molar-refractivity contribution in [1.29, 1.82) is 0 Å². The van der Waals surface area contributed by atoms with Gasteiger partial charge in [-0.3, -0.25) is 0 Å². The fraction of sp³-hybridized carbons (Fsp3) is 0.261. The maximum Gasteiger partial charge on any atom is 0.352 e. The van der Waals surface area contributed by atoms with Crippen LogP contribution in [0, 0.1) is 20.8 Å². The Labute approximate surface area is 187 Å². The number of aryl methyl sites for hydroxylation is 4. The fourth-order valence-electron chi connectivity index (χ4n) is 3.39. The van der Waals surface area contributed by atoms with Gasteiger partial charge in [-0.1, -0.05) is 29.8 Å². The molecule has 0 saturated heterocycles. The molecule has 2 aromatic carbocycles. The van der Waals surface area contributed by atoms with Crippen molar-refractivity contribution in [3.63, 3.8) is 0 Å². The maximum atomic E-state index is 13.0. The number of hydrogen-bond acceptors (Lipinski definition) is 4. The van der Waals surface area contributed by atoms with Gasteiger partial charge in [0.2, 0.25) is 9.84 Å². The molecule has 0 saturated carbocycles. The summed E-state index contributed by atoms with van der Waals surface area (Å²) < 4.78 is 33.2. The Kier molecular flexibility index (Phi) is 6.77. The normalized spacial score (nSPS) is 11.5. The number of carbonyl (C=O) groups is 1. The third-order valence-corrected chi connectivity index (χ3v) is 7.48. The quantitative estimate of drug-likeness (QED) is 0.473. The van der Waals surface area contributed by atoms with Crippen LogP contribution in [0.3, 0.4) is 0 Å². The Hall–Kier alpha value is -2.77. The van der Waals surface area contributed by atoms with Crippen molar-refractivity contribution in [2.75, 3.05) is 6.61 Å². The van der Waals surface area contributed by atoms with E-state index in [1.807, 2.05) is 26.0 Å². The number of sulfone groups is 1. The summed E-state index contributed by atoms with van der Waals surface area (Å²) in [7, 11) is -3.82. The molecule has 0 aliphatic rings. The average molecular weight is 462 g/mol. The van der Waals surface area contributed by atoms with Crippen LogP contribution in [0.15, 0.2) is 58.5 Å². The van der Waals surface area contributed by atoms with E-state index in [-0.39, 0.29) is 15.5 Å². The van der Waals surface area contributed by atoms with Gasteiger partial charge in [-0.2, -0.15) is 0 Å². The second kappa shape index (κ2) is 9.16. The minimum atomic E-state index is -3.82. The second-order valence-corrected chi connectivity index (χ2v) is 9.70. The van der Waals surface area contributed by atoms with Crippen molar-refractivity contribution in [3.05, 3.63) is 76.1 Å². The van der Waals surface area contributed by atoms with Gasteiger partial charge in [0, 0.05) is 17.8 Å². The van der Waals surface area contributed by atoms with Gasteiger partial charge in [0.15, 0.2) is 0 Å². The first kappa shape index (κ1) is 22.9. The third kappa shape index (κ3) is 4.94. The first-order valence-electron chi connectivity index (χ1n) is 9.75. The molecule has 0 aliphatic heterocycles. The van der Waals surface area contributed by atoms with Gasteiger partial charge >= 0.3 is 5.97 Å². The van der Waals surface area contributed by atoms with Crippen LogP contribution >= 0.6 is 11.6 Å². The van der Waals surface area contributed by atoms with Gasteiger partial charge in [-0.25, -0.2) is 13.2 Å². The predicted octanol–water partition coefficient (Wildman–Crippen LogP) is 5.07. The Morgan fingerprint density at radius 1 is 1.06 bits per heavy atom. The molecular weight excluding hydrogens is 438 g/mol. The van der Waals surface area contributed by atoms with Gasteiger partial charge in [0.1, 0.15) is 11.4 Å². The lowest BCUT2D eigenvalue weighted by atomic mass is 10.1. The number of ether oxygens (including phenoxy) is 1. The third-order valence-electron chi connectivity index (χ3n) is 5.01. The first-order chi connectivity index (χ1) is 14.6. The summed E-state index contributed by atoms with van der Waals surface area (Å²) in [4.78, 5) is 11.8. The molecule has 0 unspecified atom stereocenters. The summed E-state index contributed by atoms with van der Waals surface area (Å²) in [6.45, 7) is 6.16. The standard InChI is InChI=1S/C23H24ClNO5S/c1-15-7-4-5-8-21(15)31(28,29)19-13-20(23(26)27)25(14-19)9-6-10-30-18-11-16(2)22(24)17(3)12-18/h4-5,7-8,11-14H,6,9-10H2,1-3H3,(H,26,27). The van der Waals surface area contributed by atoms with Crippen molar-refractivity contribution in [1.82, 2.24) is 4.57 Å². The second-order valence-electron chi connectivity index (χ2n) is 7.40. The monoisotopic (exact) mass is 461 g/mol. The fourth-order valence-corrected chi connectivity index (χ4v) is 5.04. The van der Waals surface area contributed by atoms with E-state index in [1.165, 1.54) is 22.9 Å². The molecule has 0 aliphatic carbocycles. The molecular formula is C23H24ClNO5S. The lowest BCUT2D eigenvalue weighted by Gasteiger charge is -2.11. The van der Waals surface area contributed by atoms with Crippen LogP contribution in [-0.2, 0) is 16.4 Å². The van der Waals surface area contributed by atoms with E-state index in [9.17, 15) is 18.3 Å². The summed E-state index contributed by atoms with van der Waals surface area (Å²) in [5.41, 5.74) is 2.36. The highest BCUT2D eigenvalue weighted by Gasteiger charge is 2.24. The number of rotatable bonds is 8. The van der Waals surface area contributed by atoms with Crippen LogP contribution in [0.2, 0.25) is 5.02 Å². The van der Waals surface area contributed by atoms with E-state index in [0.717, 1.165) is 11.1 Å². The van der Waals surface area contributed by atoms with Gasteiger partial charge in [0.05, 0.1) is 16.4 Å². The van der Waals surface area contributed by atoms with E-state index in [1.54, 1.807) is 25.1 Å². The number of benzene rings is 2.